The molecule has 0 aromatic heterocycles. The van der Waals surface area contributed by atoms with Crippen molar-refractivity contribution in [2.45, 2.75) is 20.4 Å². The number of amides is 4. The van der Waals surface area contributed by atoms with Gasteiger partial charge in [0.1, 0.15) is 0 Å². The van der Waals surface area contributed by atoms with Crippen molar-refractivity contribution in [2.24, 2.45) is 5.92 Å². The Labute approximate surface area is 174 Å². The van der Waals surface area contributed by atoms with E-state index in [1.807, 2.05) is 13.8 Å². The van der Waals surface area contributed by atoms with Crippen molar-refractivity contribution in [3.05, 3.63) is 64.7 Å². The van der Waals surface area contributed by atoms with Gasteiger partial charge in [-0.15, -0.1) is 0 Å². The number of hydrogen-bond acceptors (Lipinski definition) is 5. The van der Waals surface area contributed by atoms with E-state index >= 15 is 0 Å². The maximum Gasteiger partial charge on any atom is 0.337 e. The molecule has 0 saturated heterocycles. The Hall–Kier alpha value is -3.68. The van der Waals surface area contributed by atoms with Crippen LogP contribution in [0.25, 0.3) is 0 Å². The van der Waals surface area contributed by atoms with Gasteiger partial charge < -0.3 is 15.4 Å². The fourth-order valence-electron chi connectivity index (χ4n) is 3.13. The number of anilines is 1. The van der Waals surface area contributed by atoms with Crippen LogP contribution in [0, 0.1) is 5.92 Å². The third-order valence-electron chi connectivity index (χ3n) is 4.60. The number of hydrogen-bond donors (Lipinski definition) is 2. The predicted octanol–water partition coefficient (Wildman–Crippen LogP) is 3.05. The molecule has 2 aromatic rings. The Morgan fingerprint density at radius 2 is 1.67 bits per heavy atom. The molecule has 3 rings (SSSR count). The van der Waals surface area contributed by atoms with Crippen LogP contribution < -0.4 is 10.6 Å². The van der Waals surface area contributed by atoms with E-state index in [9.17, 15) is 19.2 Å². The summed E-state index contributed by atoms with van der Waals surface area (Å²) in [7, 11) is 1.31. The maximum absolute atomic E-state index is 12.5. The SMILES string of the molecule is COC(=O)c1ccc(CNC(=O)Nc2ccc3c(c2)C(=O)N(CC(C)C)C3=O)cc1. The fraction of sp³-hybridized carbons (Fsp3) is 0.273. The summed E-state index contributed by atoms with van der Waals surface area (Å²) in [5.74, 6) is -0.922. The van der Waals surface area contributed by atoms with Crippen LogP contribution in [-0.4, -0.2) is 42.4 Å². The van der Waals surface area contributed by atoms with Gasteiger partial charge in [0.2, 0.25) is 0 Å². The summed E-state index contributed by atoms with van der Waals surface area (Å²) in [4.78, 5) is 49.8. The van der Waals surface area contributed by atoms with E-state index in [-0.39, 0.29) is 29.8 Å². The minimum absolute atomic E-state index is 0.164. The number of nitrogens with zero attached hydrogens (tertiary/aromatic N) is 1. The Kier molecular flexibility index (Phi) is 6.15. The number of urea groups is 1. The van der Waals surface area contributed by atoms with E-state index in [0.717, 1.165) is 5.56 Å². The summed E-state index contributed by atoms with van der Waals surface area (Å²) < 4.78 is 4.65. The zero-order chi connectivity index (χ0) is 21.8. The average molecular weight is 409 g/mol. The van der Waals surface area contributed by atoms with E-state index < -0.39 is 12.0 Å². The van der Waals surface area contributed by atoms with Gasteiger partial charge in [0.25, 0.3) is 11.8 Å². The lowest BCUT2D eigenvalue weighted by molar-refractivity contribution is 0.0597. The van der Waals surface area contributed by atoms with Crippen molar-refractivity contribution in [3.63, 3.8) is 0 Å². The molecule has 0 radical (unpaired) electrons. The predicted molar refractivity (Wildman–Crippen MR) is 110 cm³/mol. The molecule has 8 nitrogen and oxygen atoms in total. The number of nitrogens with one attached hydrogen (secondary N) is 2. The number of fused-ring (bicyclic) bond motifs is 1. The molecule has 1 heterocycles. The zero-order valence-corrected chi connectivity index (χ0v) is 17.0. The first kappa shape index (κ1) is 21.0. The second kappa shape index (κ2) is 8.77. The molecule has 0 spiro atoms. The van der Waals surface area contributed by atoms with Crippen LogP contribution in [0.5, 0.6) is 0 Å². The molecular weight excluding hydrogens is 386 g/mol. The molecule has 0 fully saturated rings. The van der Waals surface area contributed by atoms with E-state index in [1.165, 1.54) is 18.1 Å². The van der Waals surface area contributed by atoms with Gasteiger partial charge in [-0.05, 0) is 41.8 Å². The van der Waals surface area contributed by atoms with Gasteiger partial charge >= 0.3 is 12.0 Å². The van der Waals surface area contributed by atoms with Crippen molar-refractivity contribution in [1.29, 1.82) is 0 Å². The van der Waals surface area contributed by atoms with Crippen molar-refractivity contribution < 1.29 is 23.9 Å². The Bertz CT molecular complexity index is 998. The normalized spacial score (nSPS) is 12.7. The molecule has 1 aliphatic heterocycles. The Balaban J connectivity index is 1.61. The van der Waals surface area contributed by atoms with E-state index in [4.69, 9.17) is 0 Å². The maximum atomic E-state index is 12.5. The highest BCUT2D eigenvalue weighted by atomic mass is 16.5. The number of esters is 1. The molecule has 30 heavy (non-hydrogen) atoms. The highest BCUT2D eigenvalue weighted by molar-refractivity contribution is 6.21. The number of methoxy groups -OCH3 is 1. The van der Waals surface area contributed by atoms with Crippen molar-refractivity contribution >= 4 is 29.5 Å². The Morgan fingerprint density at radius 3 is 2.30 bits per heavy atom. The zero-order valence-electron chi connectivity index (χ0n) is 17.0. The first-order valence-electron chi connectivity index (χ1n) is 9.52. The fourth-order valence-corrected chi connectivity index (χ4v) is 3.13. The molecule has 0 unspecified atom stereocenters. The first-order valence-corrected chi connectivity index (χ1v) is 9.52. The number of benzene rings is 2. The van der Waals surface area contributed by atoms with Crippen LogP contribution in [0.3, 0.4) is 0 Å². The van der Waals surface area contributed by atoms with Crippen LogP contribution in [0.2, 0.25) is 0 Å². The van der Waals surface area contributed by atoms with Crippen molar-refractivity contribution in [3.8, 4) is 0 Å². The largest absolute Gasteiger partial charge is 0.465 e. The van der Waals surface area contributed by atoms with E-state index in [2.05, 4.69) is 15.4 Å². The lowest BCUT2D eigenvalue weighted by Gasteiger charge is -2.15. The molecule has 1 aliphatic rings. The van der Waals surface area contributed by atoms with Gasteiger partial charge in [0.15, 0.2) is 0 Å². The molecule has 0 bridgehead atoms. The number of rotatable bonds is 6. The van der Waals surface area contributed by atoms with Crippen LogP contribution in [-0.2, 0) is 11.3 Å². The number of carbonyl (C=O) groups excluding carboxylic acids is 4. The van der Waals surface area contributed by atoms with Gasteiger partial charge in [-0.2, -0.15) is 0 Å². The van der Waals surface area contributed by atoms with Gasteiger partial charge in [0.05, 0.1) is 23.8 Å². The highest BCUT2D eigenvalue weighted by Crippen LogP contribution is 2.26. The van der Waals surface area contributed by atoms with Gasteiger partial charge in [-0.3, -0.25) is 14.5 Å². The quantitative estimate of drug-likeness (QED) is 0.564. The molecule has 156 valence electrons. The number of ether oxygens (including phenoxy) is 1. The molecule has 0 atom stereocenters. The lowest BCUT2D eigenvalue weighted by Crippen LogP contribution is -2.33. The second-order valence-corrected chi connectivity index (χ2v) is 7.37. The van der Waals surface area contributed by atoms with Crippen molar-refractivity contribution in [1.82, 2.24) is 10.2 Å². The Morgan fingerprint density at radius 1 is 1.00 bits per heavy atom. The van der Waals surface area contributed by atoms with Gasteiger partial charge in [-0.25, -0.2) is 9.59 Å². The van der Waals surface area contributed by atoms with Crippen LogP contribution in [0.15, 0.2) is 42.5 Å². The minimum Gasteiger partial charge on any atom is -0.465 e. The highest BCUT2D eigenvalue weighted by Gasteiger charge is 2.35. The van der Waals surface area contributed by atoms with E-state index in [0.29, 0.717) is 23.4 Å². The molecule has 4 amide bonds. The molecule has 0 aliphatic carbocycles. The third kappa shape index (κ3) is 4.48. The minimum atomic E-state index is -0.456. The van der Waals surface area contributed by atoms with Crippen molar-refractivity contribution in [2.75, 3.05) is 19.0 Å². The average Bonchev–Trinajstić information content (AvgIpc) is 2.96. The summed E-state index contributed by atoms with van der Waals surface area (Å²) in [6.07, 6.45) is 0. The molecule has 0 saturated carbocycles. The summed E-state index contributed by atoms with van der Waals surface area (Å²) >= 11 is 0. The van der Waals surface area contributed by atoms with Crippen LogP contribution in [0.1, 0.15) is 50.5 Å². The molecular formula is C22H23N3O5. The first-order chi connectivity index (χ1) is 14.3. The summed E-state index contributed by atoms with van der Waals surface area (Å²) in [5.41, 5.74) is 2.28. The van der Waals surface area contributed by atoms with Crippen LogP contribution in [0.4, 0.5) is 10.5 Å². The lowest BCUT2D eigenvalue weighted by atomic mass is 10.1. The molecule has 2 N–H and O–H groups in total. The smallest absolute Gasteiger partial charge is 0.337 e. The monoisotopic (exact) mass is 409 g/mol. The number of carbonyl (C=O) groups is 4. The van der Waals surface area contributed by atoms with Crippen LogP contribution >= 0.6 is 0 Å². The molecule has 2 aromatic carbocycles. The standard InChI is InChI=1S/C22H23N3O5/c1-13(2)12-25-19(26)17-9-8-16(10-18(17)20(25)27)24-22(29)23-11-14-4-6-15(7-5-14)21(28)30-3/h4-10,13H,11-12H2,1-3H3,(H2,23,24,29). The topological polar surface area (TPSA) is 105 Å². The second-order valence-electron chi connectivity index (χ2n) is 7.37. The summed E-state index contributed by atoms with van der Waals surface area (Å²) in [5, 5.41) is 5.37. The molecule has 8 heteroatoms. The summed E-state index contributed by atoms with van der Waals surface area (Å²) in [6.45, 7) is 4.47. The van der Waals surface area contributed by atoms with E-state index in [1.54, 1.807) is 36.4 Å². The number of imide groups is 1. The summed E-state index contributed by atoms with van der Waals surface area (Å²) in [6, 6.07) is 10.9. The van der Waals surface area contributed by atoms with Gasteiger partial charge in [-0.1, -0.05) is 26.0 Å². The van der Waals surface area contributed by atoms with Gasteiger partial charge in [0, 0.05) is 18.8 Å². The third-order valence-corrected chi connectivity index (χ3v) is 4.60.